The first-order chi connectivity index (χ1) is 13.9. The number of benzene rings is 1. The first-order valence-corrected chi connectivity index (χ1v) is 12.8. The third-order valence-corrected chi connectivity index (χ3v) is 9.05. The van der Waals surface area contributed by atoms with E-state index in [1.165, 1.54) is 38.5 Å². The molecule has 1 aromatic carbocycles. The van der Waals surface area contributed by atoms with Crippen LogP contribution in [0.5, 0.6) is 0 Å². The molecule has 1 saturated heterocycles. The summed E-state index contributed by atoms with van der Waals surface area (Å²) in [6.45, 7) is 1.10. The molecule has 0 atom stereocenters. The van der Waals surface area contributed by atoms with E-state index in [1.54, 1.807) is 0 Å². The molecule has 0 radical (unpaired) electrons. The summed E-state index contributed by atoms with van der Waals surface area (Å²) in [7, 11) is -2.93. The van der Waals surface area contributed by atoms with Crippen LogP contribution in [0, 0.1) is 17.8 Å². The monoisotopic (exact) mass is 417 g/mol. The minimum absolute atomic E-state index is 0.0796. The van der Waals surface area contributed by atoms with Crippen LogP contribution in [0.25, 0.3) is 0 Å². The van der Waals surface area contributed by atoms with Crippen molar-refractivity contribution in [2.75, 3.05) is 41.8 Å². The van der Waals surface area contributed by atoms with Crippen molar-refractivity contribution in [2.45, 2.75) is 44.1 Å². The number of para-hydroxylation sites is 2. The summed E-state index contributed by atoms with van der Waals surface area (Å²) in [6.07, 6.45) is 7.98. The molecule has 1 aliphatic heterocycles. The minimum atomic E-state index is -2.93. The molecule has 0 spiro atoms. The van der Waals surface area contributed by atoms with Crippen molar-refractivity contribution in [2.24, 2.45) is 17.8 Å². The van der Waals surface area contributed by atoms with Crippen LogP contribution in [0.15, 0.2) is 24.3 Å². The molecule has 4 aliphatic carbocycles. The summed E-state index contributed by atoms with van der Waals surface area (Å²) in [4.78, 5) is 14.6. The maximum atomic E-state index is 12.6. The van der Waals surface area contributed by atoms with Crippen molar-refractivity contribution in [1.82, 2.24) is 4.90 Å². The molecule has 0 aromatic heterocycles. The highest BCUT2D eigenvalue weighted by atomic mass is 32.2. The van der Waals surface area contributed by atoms with E-state index in [-0.39, 0.29) is 29.5 Å². The Balaban J connectivity index is 1.25. The Morgan fingerprint density at radius 3 is 2.10 bits per heavy atom. The second-order valence-electron chi connectivity index (χ2n) is 9.84. The number of nitrogens with one attached hydrogen (secondary N) is 2. The Hall–Kier alpha value is -1.60. The minimum Gasteiger partial charge on any atom is -0.378 e. The molecule has 5 fully saturated rings. The molecular formula is C22H31N3O3S. The quantitative estimate of drug-likeness (QED) is 0.770. The van der Waals surface area contributed by atoms with Gasteiger partial charge in [-0.3, -0.25) is 9.69 Å². The number of amides is 1. The molecular weight excluding hydrogens is 386 g/mol. The molecule has 1 heterocycles. The number of carbonyl (C=O) groups excluding carboxylic acids is 1. The predicted molar refractivity (Wildman–Crippen MR) is 115 cm³/mol. The number of anilines is 2. The van der Waals surface area contributed by atoms with Crippen LogP contribution in [0.3, 0.4) is 0 Å². The van der Waals surface area contributed by atoms with Crippen molar-refractivity contribution < 1.29 is 13.2 Å². The van der Waals surface area contributed by atoms with Gasteiger partial charge in [-0.15, -0.1) is 0 Å². The molecule has 158 valence electrons. The third-order valence-electron chi connectivity index (χ3n) is 7.44. The molecule has 5 aliphatic rings. The van der Waals surface area contributed by atoms with Gasteiger partial charge in [-0.1, -0.05) is 12.1 Å². The van der Waals surface area contributed by atoms with Gasteiger partial charge in [-0.05, 0) is 68.4 Å². The van der Waals surface area contributed by atoms with Crippen molar-refractivity contribution in [3.05, 3.63) is 24.3 Å². The van der Waals surface area contributed by atoms with Gasteiger partial charge in [0.05, 0.1) is 29.4 Å². The Morgan fingerprint density at radius 1 is 0.966 bits per heavy atom. The van der Waals surface area contributed by atoms with Crippen LogP contribution in [0.4, 0.5) is 11.4 Å². The Morgan fingerprint density at radius 2 is 1.52 bits per heavy atom. The Kier molecular flexibility index (Phi) is 4.86. The molecule has 1 aromatic rings. The summed E-state index contributed by atoms with van der Waals surface area (Å²) in [6, 6.07) is 8.00. The van der Waals surface area contributed by atoms with Gasteiger partial charge < -0.3 is 10.6 Å². The van der Waals surface area contributed by atoms with Gasteiger partial charge in [0.1, 0.15) is 0 Å². The fraction of sp³-hybridized carbons (Fsp3) is 0.682. The fourth-order valence-corrected chi connectivity index (χ4v) is 7.83. The van der Waals surface area contributed by atoms with Gasteiger partial charge >= 0.3 is 0 Å². The zero-order valence-electron chi connectivity index (χ0n) is 16.9. The lowest BCUT2D eigenvalue weighted by molar-refractivity contribution is -0.117. The van der Waals surface area contributed by atoms with E-state index in [1.807, 2.05) is 23.1 Å². The second-order valence-corrected chi connectivity index (χ2v) is 12.1. The summed E-state index contributed by atoms with van der Waals surface area (Å²) in [5, 5.41) is 6.94. The first kappa shape index (κ1) is 19.4. The van der Waals surface area contributed by atoms with Crippen LogP contribution >= 0.6 is 0 Å². The zero-order chi connectivity index (χ0) is 20.1. The molecule has 4 bridgehead atoms. The highest BCUT2D eigenvalue weighted by molar-refractivity contribution is 7.91. The number of hydrogen-bond donors (Lipinski definition) is 2. The van der Waals surface area contributed by atoms with E-state index in [0.717, 1.165) is 29.1 Å². The normalized spacial score (nSPS) is 35.4. The van der Waals surface area contributed by atoms with Gasteiger partial charge in [-0.2, -0.15) is 0 Å². The smallest absolute Gasteiger partial charge is 0.238 e. The summed E-state index contributed by atoms with van der Waals surface area (Å²) in [5.74, 6) is 2.81. The van der Waals surface area contributed by atoms with E-state index in [9.17, 15) is 13.2 Å². The molecule has 0 unspecified atom stereocenters. The first-order valence-electron chi connectivity index (χ1n) is 11.0. The molecule has 6 rings (SSSR count). The lowest BCUT2D eigenvalue weighted by Crippen LogP contribution is -2.54. The highest BCUT2D eigenvalue weighted by Crippen LogP contribution is 2.56. The van der Waals surface area contributed by atoms with Gasteiger partial charge in [0, 0.05) is 18.6 Å². The average Bonchev–Trinajstić information content (AvgIpc) is 2.64. The molecule has 4 saturated carbocycles. The number of carbonyl (C=O) groups is 1. The van der Waals surface area contributed by atoms with Crippen molar-refractivity contribution >= 4 is 27.1 Å². The number of nitrogens with zero attached hydrogens (tertiary/aromatic N) is 1. The number of hydrogen-bond acceptors (Lipinski definition) is 5. The van der Waals surface area contributed by atoms with Crippen molar-refractivity contribution in [1.29, 1.82) is 0 Å². The third kappa shape index (κ3) is 4.17. The Bertz CT molecular complexity index is 849. The molecule has 1 amide bonds. The number of sulfone groups is 1. The van der Waals surface area contributed by atoms with E-state index in [4.69, 9.17) is 0 Å². The van der Waals surface area contributed by atoms with E-state index >= 15 is 0 Å². The highest BCUT2D eigenvalue weighted by Gasteiger charge is 2.51. The van der Waals surface area contributed by atoms with E-state index in [0.29, 0.717) is 13.1 Å². The standard InChI is InChI=1S/C22H31N3O3S/c26-21(15-25-5-7-29(27,28)8-6-25)23-19-3-1-2-4-20(19)24-22-12-16-9-17(13-22)11-18(10-16)14-22/h1-4,16-18,24H,5-15H2,(H,23,26). The SMILES string of the molecule is O=C(CN1CCS(=O)(=O)CC1)Nc1ccccc1NC12CC3CC(CC(C3)C1)C2. The van der Waals surface area contributed by atoms with Gasteiger partial charge in [0.2, 0.25) is 5.91 Å². The van der Waals surface area contributed by atoms with Crippen LogP contribution in [0.2, 0.25) is 0 Å². The molecule has 7 heteroatoms. The van der Waals surface area contributed by atoms with E-state index in [2.05, 4.69) is 16.7 Å². The molecule has 2 N–H and O–H groups in total. The van der Waals surface area contributed by atoms with Crippen LogP contribution < -0.4 is 10.6 Å². The summed E-state index contributed by atoms with van der Waals surface area (Å²) >= 11 is 0. The van der Waals surface area contributed by atoms with Crippen molar-refractivity contribution in [3.63, 3.8) is 0 Å². The fourth-order valence-electron chi connectivity index (χ4n) is 6.55. The van der Waals surface area contributed by atoms with Crippen LogP contribution in [-0.2, 0) is 14.6 Å². The lowest BCUT2D eigenvalue weighted by Gasteiger charge is -2.57. The lowest BCUT2D eigenvalue weighted by atomic mass is 9.53. The maximum absolute atomic E-state index is 12.6. The predicted octanol–water partition coefficient (Wildman–Crippen LogP) is 2.74. The van der Waals surface area contributed by atoms with E-state index < -0.39 is 9.84 Å². The van der Waals surface area contributed by atoms with Crippen LogP contribution in [0.1, 0.15) is 38.5 Å². The summed E-state index contributed by atoms with van der Waals surface area (Å²) < 4.78 is 23.2. The average molecular weight is 418 g/mol. The van der Waals surface area contributed by atoms with Gasteiger partial charge in [-0.25, -0.2) is 8.42 Å². The maximum Gasteiger partial charge on any atom is 0.238 e. The topological polar surface area (TPSA) is 78.5 Å². The molecule has 6 nitrogen and oxygen atoms in total. The molecule has 29 heavy (non-hydrogen) atoms. The second kappa shape index (κ2) is 7.27. The Labute approximate surface area is 173 Å². The largest absolute Gasteiger partial charge is 0.378 e. The van der Waals surface area contributed by atoms with Crippen LogP contribution in [-0.4, -0.2) is 55.9 Å². The summed E-state index contributed by atoms with van der Waals surface area (Å²) in [5.41, 5.74) is 2.04. The van der Waals surface area contributed by atoms with Crippen molar-refractivity contribution in [3.8, 4) is 0 Å². The number of rotatable bonds is 5. The van der Waals surface area contributed by atoms with Gasteiger partial charge in [0.15, 0.2) is 9.84 Å². The zero-order valence-corrected chi connectivity index (χ0v) is 17.7. The van der Waals surface area contributed by atoms with Gasteiger partial charge in [0.25, 0.3) is 0 Å².